The van der Waals surface area contributed by atoms with Crippen LogP contribution in [0, 0.1) is 0 Å². The molecular weight excluding hydrogens is 416 g/mol. The fourth-order valence-electron chi connectivity index (χ4n) is 3.91. The molecule has 0 spiro atoms. The summed E-state index contributed by atoms with van der Waals surface area (Å²) >= 11 is 0. The summed E-state index contributed by atoms with van der Waals surface area (Å²) in [6, 6.07) is 12.4. The zero-order valence-electron chi connectivity index (χ0n) is 18.3. The summed E-state index contributed by atoms with van der Waals surface area (Å²) in [7, 11) is -5.67. The molecule has 0 N–H and O–H groups in total. The highest BCUT2D eigenvalue weighted by atomic mass is 32.2. The summed E-state index contributed by atoms with van der Waals surface area (Å²) < 4.78 is 45.9. The van der Waals surface area contributed by atoms with E-state index in [4.69, 9.17) is 0 Å². The second kappa shape index (κ2) is 8.83. The van der Waals surface area contributed by atoms with Crippen LogP contribution < -0.4 is 0 Å². The van der Waals surface area contributed by atoms with Crippen LogP contribution in [0.15, 0.2) is 36.4 Å². The van der Waals surface area contributed by atoms with Crippen molar-refractivity contribution < 1.29 is 16.8 Å². The molecule has 0 amide bonds. The third-order valence-corrected chi connectivity index (χ3v) is 9.06. The first kappa shape index (κ1) is 23.0. The molecular formula is C24H32O4S2. The van der Waals surface area contributed by atoms with E-state index in [0.29, 0.717) is 36.2 Å². The molecule has 0 saturated heterocycles. The number of hydrogen-bond acceptors (Lipinski definition) is 4. The molecule has 0 saturated carbocycles. The first-order valence-corrected chi connectivity index (χ1v) is 14.2. The van der Waals surface area contributed by atoms with Crippen LogP contribution in [0.5, 0.6) is 0 Å². The van der Waals surface area contributed by atoms with Crippen molar-refractivity contribution in [1.82, 2.24) is 0 Å². The standard InChI is InChI=1S/2C12H16O2S/c1-9(2)10-3-4-12-8-15(13,14)6-5-11(12)7-10;1-9(2)11-4-3-10-5-6-15(13,14)8-12(10)7-11/h2*3-4,7,9H,5-6,8H2,1-2H3. The predicted octanol–water partition coefficient (Wildman–Crippen LogP) is 4.56. The van der Waals surface area contributed by atoms with E-state index in [0.717, 1.165) is 11.1 Å². The Kier molecular flexibility index (Phi) is 6.78. The summed E-state index contributed by atoms with van der Waals surface area (Å²) in [6.07, 6.45) is 1.36. The molecule has 2 aromatic rings. The van der Waals surface area contributed by atoms with E-state index >= 15 is 0 Å². The molecule has 30 heavy (non-hydrogen) atoms. The van der Waals surface area contributed by atoms with Crippen LogP contribution in [0.2, 0.25) is 0 Å². The summed E-state index contributed by atoms with van der Waals surface area (Å²) in [5.41, 5.74) is 6.95. The van der Waals surface area contributed by atoms with Crippen molar-refractivity contribution in [3.05, 3.63) is 69.8 Å². The van der Waals surface area contributed by atoms with Crippen molar-refractivity contribution in [3.8, 4) is 0 Å². The van der Waals surface area contributed by atoms with Crippen LogP contribution in [0.1, 0.15) is 72.9 Å². The molecule has 2 aromatic carbocycles. The minimum atomic E-state index is -2.84. The molecule has 2 aliphatic rings. The smallest absolute Gasteiger partial charge is 0.154 e. The summed E-state index contributed by atoms with van der Waals surface area (Å²) in [6.45, 7) is 8.56. The third kappa shape index (κ3) is 5.73. The Balaban J connectivity index is 0.000000171. The number of aryl methyl sites for hydroxylation is 2. The molecule has 0 unspecified atom stereocenters. The number of sulfone groups is 2. The SMILES string of the molecule is CC(C)c1ccc2c(c1)CCS(=O)(=O)C2.CC(C)c1ccc2c(c1)CS(=O)(=O)CC2. The molecule has 2 aliphatic heterocycles. The van der Waals surface area contributed by atoms with Crippen LogP contribution >= 0.6 is 0 Å². The van der Waals surface area contributed by atoms with Crippen LogP contribution in [-0.4, -0.2) is 28.3 Å². The first-order valence-electron chi connectivity index (χ1n) is 10.6. The lowest BCUT2D eigenvalue weighted by molar-refractivity contribution is 0.590. The van der Waals surface area contributed by atoms with E-state index in [9.17, 15) is 16.8 Å². The van der Waals surface area contributed by atoms with Gasteiger partial charge in [0.15, 0.2) is 19.7 Å². The van der Waals surface area contributed by atoms with Gasteiger partial charge in [0.05, 0.1) is 23.0 Å². The molecule has 4 nitrogen and oxygen atoms in total. The van der Waals surface area contributed by atoms with Gasteiger partial charge >= 0.3 is 0 Å². The fourth-order valence-corrected chi connectivity index (χ4v) is 6.76. The molecule has 6 heteroatoms. The Bertz CT molecular complexity index is 1130. The Hall–Kier alpha value is -1.66. The third-order valence-electron chi connectivity index (χ3n) is 5.91. The summed E-state index contributed by atoms with van der Waals surface area (Å²) in [4.78, 5) is 0. The lowest BCUT2D eigenvalue weighted by Crippen LogP contribution is -2.19. The lowest BCUT2D eigenvalue weighted by atomic mass is 9.96. The summed E-state index contributed by atoms with van der Waals surface area (Å²) in [5.74, 6) is 2.03. The Labute approximate surface area is 181 Å². The number of benzene rings is 2. The molecule has 0 bridgehead atoms. The monoisotopic (exact) mass is 448 g/mol. The Morgan fingerprint density at radius 2 is 1.03 bits per heavy atom. The molecule has 0 fully saturated rings. The molecule has 0 aromatic heterocycles. The van der Waals surface area contributed by atoms with Crippen molar-refractivity contribution in [3.63, 3.8) is 0 Å². The summed E-state index contributed by atoms with van der Waals surface area (Å²) in [5, 5.41) is 0. The number of fused-ring (bicyclic) bond motifs is 2. The van der Waals surface area contributed by atoms with Crippen molar-refractivity contribution in [2.45, 2.75) is 63.9 Å². The van der Waals surface area contributed by atoms with Gasteiger partial charge in [0.25, 0.3) is 0 Å². The topological polar surface area (TPSA) is 68.3 Å². The van der Waals surface area contributed by atoms with Crippen LogP contribution in [0.25, 0.3) is 0 Å². The van der Waals surface area contributed by atoms with Crippen molar-refractivity contribution in [2.75, 3.05) is 11.5 Å². The van der Waals surface area contributed by atoms with Gasteiger partial charge in [-0.3, -0.25) is 0 Å². The zero-order chi connectivity index (χ0) is 22.1. The maximum atomic E-state index is 11.5. The van der Waals surface area contributed by atoms with Gasteiger partial charge in [-0.25, -0.2) is 16.8 Å². The van der Waals surface area contributed by atoms with Gasteiger partial charge in [-0.15, -0.1) is 0 Å². The van der Waals surface area contributed by atoms with Crippen molar-refractivity contribution in [1.29, 1.82) is 0 Å². The average molecular weight is 449 g/mol. The van der Waals surface area contributed by atoms with E-state index in [1.54, 1.807) is 0 Å². The van der Waals surface area contributed by atoms with Gasteiger partial charge < -0.3 is 0 Å². The zero-order valence-corrected chi connectivity index (χ0v) is 19.9. The van der Waals surface area contributed by atoms with E-state index in [1.165, 1.54) is 22.3 Å². The maximum Gasteiger partial charge on any atom is 0.154 e. The second-order valence-electron chi connectivity index (χ2n) is 9.05. The first-order chi connectivity index (χ1) is 14.0. The second-order valence-corrected chi connectivity index (χ2v) is 13.4. The quantitative estimate of drug-likeness (QED) is 0.675. The molecule has 4 rings (SSSR count). The van der Waals surface area contributed by atoms with Crippen LogP contribution in [-0.2, 0) is 44.0 Å². The van der Waals surface area contributed by atoms with Crippen molar-refractivity contribution in [2.24, 2.45) is 0 Å². The lowest BCUT2D eigenvalue weighted by Gasteiger charge is -2.18. The van der Waals surface area contributed by atoms with Gasteiger partial charge in [-0.2, -0.15) is 0 Å². The average Bonchev–Trinajstić information content (AvgIpc) is 2.66. The fraction of sp³-hybridized carbons (Fsp3) is 0.500. The highest BCUT2D eigenvalue weighted by Crippen LogP contribution is 2.26. The molecule has 164 valence electrons. The molecule has 0 atom stereocenters. The number of rotatable bonds is 2. The van der Waals surface area contributed by atoms with Gasteiger partial charge in [0.2, 0.25) is 0 Å². The van der Waals surface area contributed by atoms with Crippen LogP contribution in [0.3, 0.4) is 0 Å². The van der Waals surface area contributed by atoms with E-state index in [-0.39, 0.29) is 11.5 Å². The van der Waals surface area contributed by atoms with Gasteiger partial charge in [-0.05, 0) is 58.1 Å². The maximum absolute atomic E-state index is 11.5. The van der Waals surface area contributed by atoms with Gasteiger partial charge in [0, 0.05) is 0 Å². The van der Waals surface area contributed by atoms with Crippen molar-refractivity contribution >= 4 is 19.7 Å². The minimum absolute atomic E-state index is 0.223. The normalized spacial score (nSPS) is 18.9. The largest absolute Gasteiger partial charge is 0.228 e. The number of hydrogen-bond donors (Lipinski definition) is 0. The molecule has 2 heterocycles. The Morgan fingerprint density at radius 1 is 0.600 bits per heavy atom. The van der Waals surface area contributed by atoms with Gasteiger partial charge in [-0.1, -0.05) is 64.1 Å². The Morgan fingerprint density at radius 3 is 1.57 bits per heavy atom. The van der Waals surface area contributed by atoms with Crippen LogP contribution in [0.4, 0.5) is 0 Å². The van der Waals surface area contributed by atoms with E-state index in [2.05, 4.69) is 52.0 Å². The molecule has 0 radical (unpaired) electrons. The highest BCUT2D eigenvalue weighted by molar-refractivity contribution is 7.90. The highest BCUT2D eigenvalue weighted by Gasteiger charge is 2.22. The van der Waals surface area contributed by atoms with E-state index < -0.39 is 19.7 Å². The van der Waals surface area contributed by atoms with Gasteiger partial charge in [0.1, 0.15) is 0 Å². The molecule has 0 aliphatic carbocycles. The predicted molar refractivity (Wildman–Crippen MR) is 123 cm³/mol. The van der Waals surface area contributed by atoms with E-state index in [1.807, 2.05) is 12.1 Å². The minimum Gasteiger partial charge on any atom is -0.228 e.